The van der Waals surface area contributed by atoms with E-state index in [0.717, 1.165) is 43.9 Å². The minimum Gasteiger partial charge on any atom is -0.371 e. The molecule has 132 valence electrons. The summed E-state index contributed by atoms with van der Waals surface area (Å²) in [5.74, 6) is 0. The van der Waals surface area contributed by atoms with Crippen LogP contribution in [0.25, 0.3) is 0 Å². The SMILES string of the molecule is c1ccc(CO[C@@H]2CO[C@@]3(CCCN(Cc4ccccn4)C3)C2)nc1. The van der Waals surface area contributed by atoms with E-state index in [2.05, 4.69) is 27.0 Å². The number of rotatable bonds is 5. The molecule has 0 bridgehead atoms. The normalized spacial score (nSPS) is 27.0. The summed E-state index contributed by atoms with van der Waals surface area (Å²) in [5, 5.41) is 0. The quantitative estimate of drug-likeness (QED) is 0.838. The fraction of sp³-hybridized carbons (Fsp3) is 0.500. The minimum atomic E-state index is -0.0538. The highest BCUT2D eigenvalue weighted by molar-refractivity contribution is 5.05. The number of aromatic nitrogens is 2. The van der Waals surface area contributed by atoms with E-state index in [1.165, 1.54) is 6.42 Å². The van der Waals surface area contributed by atoms with Crippen molar-refractivity contribution in [1.82, 2.24) is 14.9 Å². The van der Waals surface area contributed by atoms with Crippen LogP contribution < -0.4 is 0 Å². The van der Waals surface area contributed by atoms with Gasteiger partial charge in [-0.1, -0.05) is 12.1 Å². The molecule has 25 heavy (non-hydrogen) atoms. The summed E-state index contributed by atoms with van der Waals surface area (Å²) in [5.41, 5.74) is 2.05. The highest BCUT2D eigenvalue weighted by atomic mass is 16.6. The summed E-state index contributed by atoms with van der Waals surface area (Å²) in [6.45, 7) is 4.21. The van der Waals surface area contributed by atoms with Crippen LogP contribution in [-0.4, -0.2) is 46.3 Å². The molecule has 2 aromatic rings. The maximum Gasteiger partial charge on any atom is 0.0892 e. The van der Waals surface area contributed by atoms with Crippen LogP contribution in [0.1, 0.15) is 30.7 Å². The zero-order valence-electron chi connectivity index (χ0n) is 14.5. The van der Waals surface area contributed by atoms with E-state index < -0.39 is 0 Å². The lowest BCUT2D eigenvalue weighted by Gasteiger charge is -2.39. The number of likely N-dealkylation sites (tertiary alicyclic amines) is 1. The van der Waals surface area contributed by atoms with E-state index >= 15 is 0 Å². The van der Waals surface area contributed by atoms with E-state index in [-0.39, 0.29) is 11.7 Å². The standard InChI is InChI=1S/C20H25N3O2/c1-3-9-21-17(6-1)13-23-11-5-8-20(16-23)12-19(15-25-20)24-14-18-7-2-4-10-22-18/h1-4,6-7,9-10,19H,5,8,11-16H2/t19-,20-/m0/s1. The van der Waals surface area contributed by atoms with E-state index in [1.54, 1.807) is 0 Å². The first-order valence-electron chi connectivity index (χ1n) is 9.09. The molecule has 2 aliphatic heterocycles. The molecule has 5 heteroatoms. The van der Waals surface area contributed by atoms with E-state index in [9.17, 15) is 0 Å². The highest BCUT2D eigenvalue weighted by Crippen LogP contribution is 2.36. The van der Waals surface area contributed by atoms with Crippen molar-refractivity contribution in [1.29, 1.82) is 0 Å². The van der Waals surface area contributed by atoms with Gasteiger partial charge < -0.3 is 9.47 Å². The van der Waals surface area contributed by atoms with Gasteiger partial charge in [0, 0.05) is 31.9 Å². The molecule has 5 nitrogen and oxygen atoms in total. The molecular weight excluding hydrogens is 314 g/mol. The number of ether oxygens (including phenoxy) is 2. The van der Waals surface area contributed by atoms with Crippen molar-refractivity contribution in [2.75, 3.05) is 19.7 Å². The predicted octanol–water partition coefficient (Wildman–Crippen LogP) is 2.82. The Morgan fingerprint density at radius 3 is 2.68 bits per heavy atom. The fourth-order valence-corrected chi connectivity index (χ4v) is 3.93. The summed E-state index contributed by atoms with van der Waals surface area (Å²) in [4.78, 5) is 11.2. The number of hydrogen-bond donors (Lipinski definition) is 0. The second-order valence-electron chi connectivity index (χ2n) is 7.09. The number of nitrogens with zero attached hydrogens (tertiary/aromatic N) is 3. The van der Waals surface area contributed by atoms with Crippen LogP contribution in [0.15, 0.2) is 48.8 Å². The smallest absolute Gasteiger partial charge is 0.0892 e. The molecule has 0 unspecified atom stereocenters. The Labute approximate surface area is 149 Å². The third-order valence-corrected chi connectivity index (χ3v) is 5.10. The van der Waals surface area contributed by atoms with Gasteiger partial charge >= 0.3 is 0 Å². The van der Waals surface area contributed by atoms with Crippen LogP contribution in [0, 0.1) is 0 Å². The topological polar surface area (TPSA) is 47.5 Å². The molecule has 0 aromatic carbocycles. The van der Waals surface area contributed by atoms with Crippen molar-refractivity contribution < 1.29 is 9.47 Å². The maximum absolute atomic E-state index is 6.24. The Hall–Kier alpha value is -1.82. The molecule has 2 atom stereocenters. The molecule has 0 saturated carbocycles. The molecule has 0 amide bonds. The molecule has 4 rings (SSSR count). The van der Waals surface area contributed by atoms with E-state index in [4.69, 9.17) is 9.47 Å². The van der Waals surface area contributed by atoms with Crippen molar-refractivity contribution in [3.05, 3.63) is 60.2 Å². The molecule has 2 fully saturated rings. The molecule has 2 saturated heterocycles. The first-order chi connectivity index (χ1) is 12.3. The lowest BCUT2D eigenvalue weighted by molar-refractivity contribution is -0.0550. The Morgan fingerprint density at radius 1 is 1.12 bits per heavy atom. The average Bonchev–Trinajstić information content (AvgIpc) is 3.04. The zero-order chi connectivity index (χ0) is 17.0. The molecule has 4 heterocycles. The Kier molecular flexibility index (Phi) is 5.06. The number of piperidine rings is 1. The molecule has 0 radical (unpaired) electrons. The van der Waals surface area contributed by atoms with Crippen molar-refractivity contribution >= 4 is 0 Å². The summed E-state index contributed by atoms with van der Waals surface area (Å²) < 4.78 is 12.3. The van der Waals surface area contributed by atoms with Crippen molar-refractivity contribution in [2.24, 2.45) is 0 Å². The van der Waals surface area contributed by atoms with Crippen LogP contribution in [0.5, 0.6) is 0 Å². The van der Waals surface area contributed by atoms with Crippen molar-refractivity contribution in [3.8, 4) is 0 Å². The van der Waals surface area contributed by atoms with Gasteiger partial charge in [0.1, 0.15) is 0 Å². The Bertz CT molecular complexity index is 667. The molecule has 2 aromatic heterocycles. The van der Waals surface area contributed by atoms with Crippen LogP contribution in [0.4, 0.5) is 0 Å². The van der Waals surface area contributed by atoms with E-state index in [1.807, 2.05) is 36.7 Å². The van der Waals surface area contributed by atoms with Gasteiger partial charge in [0.15, 0.2) is 0 Å². The first-order valence-corrected chi connectivity index (χ1v) is 9.09. The van der Waals surface area contributed by atoms with Gasteiger partial charge in [0.2, 0.25) is 0 Å². The third kappa shape index (κ3) is 4.24. The maximum atomic E-state index is 6.24. The van der Waals surface area contributed by atoms with Gasteiger partial charge in [-0.15, -0.1) is 0 Å². The number of hydrogen-bond acceptors (Lipinski definition) is 5. The largest absolute Gasteiger partial charge is 0.371 e. The summed E-state index contributed by atoms with van der Waals surface area (Å²) in [7, 11) is 0. The highest BCUT2D eigenvalue weighted by Gasteiger charge is 2.43. The number of pyridine rings is 2. The monoisotopic (exact) mass is 339 g/mol. The molecule has 0 aliphatic carbocycles. The van der Waals surface area contributed by atoms with Gasteiger partial charge in [0.25, 0.3) is 0 Å². The first kappa shape index (κ1) is 16.6. The molecular formula is C20H25N3O2. The van der Waals surface area contributed by atoms with Gasteiger partial charge in [-0.05, 0) is 43.7 Å². The van der Waals surface area contributed by atoms with Crippen LogP contribution >= 0.6 is 0 Å². The Morgan fingerprint density at radius 2 is 1.92 bits per heavy atom. The summed E-state index contributed by atoms with van der Waals surface area (Å²) in [6.07, 6.45) is 7.09. The van der Waals surface area contributed by atoms with E-state index in [0.29, 0.717) is 13.2 Å². The minimum absolute atomic E-state index is 0.0538. The van der Waals surface area contributed by atoms with Gasteiger partial charge in [-0.2, -0.15) is 0 Å². The lowest BCUT2D eigenvalue weighted by atomic mass is 9.89. The lowest BCUT2D eigenvalue weighted by Crippen LogP contribution is -2.47. The predicted molar refractivity (Wildman–Crippen MR) is 94.9 cm³/mol. The Balaban J connectivity index is 1.31. The second kappa shape index (κ2) is 7.60. The third-order valence-electron chi connectivity index (χ3n) is 5.10. The van der Waals surface area contributed by atoms with Gasteiger partial charge in [0.05, 0.1) is 36.3 Å². The van der Waals surface area contributed by atoms with Crippen LogP contribution in [0.3, 0.4) is 0 Å². The fourth-order valence-electron chi connectivity index (χ4n) is 3.93. The van der Waals surface area contributed by atoms with Gasteiger partial charge in [-0.3, -0.25) is 14.9 Å². The average molecular weight is 339 g/mol. The summed E-state index contributed by atoms with van der Waals surface area (Å²) in [6, 6.07) is 12.0. The molecule has 1 spiro atoms. The van der Waals surface area contributed by atoms with Crippen LogP contribution in [-0.2, 0) is 22.6 Å². The van der Waals surface area contributed by atoms with Gasteiger partial charge in [-0.25, -0.2) is 0 Å². The molecule has 2 aliphatic rings. The van der Waals surface area contributed by atoms with Crippen molar-refractivity contribution in [2.45, 2.75) is 44.1 Å². The summed E-state index contributed by atoms with van der Waals surface area (Å²) >= 11 is 0. The zero-order valence-corrected chi connectivity index (χ0v) is 14.5. The van der Waals surface area contributed by atoms with Crippen LogP contribution in [0.2, 0.25) is 0 Å². The molecule has 0 N–H and O–H groups in total. The second-order valence-corrected chi connectivity index (χ2v) is 7.09. The van der Waals surface area contributed by atoms with Crippen molar-refractivity contribution in [3.63, 3.8) is 0 Å².